The van der Waals surface area contributed by atoms with E-state index in [9.17, 15) is 14.7 Å². The molecule has 1 heterocycles. The second kappa shape index (κ2) is 6.04. The van der Waals surface area contributed by atoms with Crippen molar-refractivity contribution in [3.63, 3.8) is 0 Å². The van der Waals surface area contributed by atoms with Crippen LogP contribution in [0.15, 0.2) is 34.7 Å². The quantitative estimate of drug-likeness (QED) is 0.824. The first kappa shape index (κ1) is 17.0. The van der Waals surface area contributed by atoms with Gasteiger partial charge in [-0.2, -0.15) is 0 Å². The Morgan fingerprint density at radius 1 is 1.26 bits per heavy atom. The Hall–Kier alpha value is -2.34. The van der Waals surface area contributed by atoms with Crippen molar-refractivity contribution in [3.05, 3.63) is 36.1 Å². The highest BCUT2D eigenvalue weighted by Gasteiger charge is 2.34. The van der Waals surface area contributed by atoms with Gasteiger partial charge in [0.15, 0.2) is 5.60 Å². The summed E-state index contributed by atoms with van der Waals surface area (Å²) in [6.45, 7) is 5.68. The summed E-state index contributed by atoms with van der Waals surface area (Å²) in [5, 5.41) is 14.0. The van der Waals surface area contributed by atoms with E-state index in [4.69, 9.17) is 9.15 Å². The molecule has 2 aromatic rings. The number of ether oxygens (including phenoxy) is 1. The number of aliphatic hydroxyl groups is 1. The third-order valence-electron chi connectivity index (χ3n) is 3.50. The monoisotopic (exact) mass is 319 g/mol. The lowest BCUT2D eigenvalue weighted by Crippen LogP contribution is -2.49. The number of carbonyl (C=O) groups excluding carboxylic acids is 2. The molecule has 1 amide bonds. The van der Waals surface area contributed by atoms with Crippen LogP contribution < -0.4 is 5.32 Å². The van der Waals surface area contributed by atoms with E-state index in [-0.39, 0.29) is 6.54 Å². The number of hydrogen-bond acceptors (Lipinski definition) is 5. The number of carbonyl (C=O) groups is 2. The van der Waals surface area contributed by atoms with Gasteiger partial charge in [0.05, 0.1) is 6.54 Å². The van der Waals surface area contributed by atoms with Gasteiger partial charge in [-0.25, -0.2) is 0 Å². The zero-order chi connectivity index (χ0) is 17.3. The Balaban J connectivity index is 2.09. The Morgan fingerprint density at radius 2 is 1.91 bits per heavy atom. The normalized spacial score (nSPS) is 14.3. The van der Waals surface area contributed by atoms with Crippen LogP contribution in [0, 0.1) is 0 Å². The third-order valence-corrected chi connectivity index (χ3v) is 3.50. The number of hydrogen-bond donors (Lipinski definition) is 2. The minimum Gasteiger partial charge on any atom is -0.458 e. The summed E-state index contributed by atoms with van der Waals surface area (Å²) in [4.78, 5) is 23.1. The first-order valence-electron chi connectivity index (χ1n) is 7.31. The van der Waals surface area contributed by atoms with E-state index in [2.05, 4.69) is 5.32 Å². The first-order chi connectivity index (χ1) is 10.6. The van der Waals surface area contributed by atoms with Gasteiger partial charge in [0.1, 0.15) is 16.9 Å². The Morgan fingerprint density at radius 3 is 2.52 bits per heavy atom. The highest BCUT2D eigenvalue weighted by molar-refractivity contribution is 5.86. The van der Waals surface area contributed by atoms with Crippen LogP contribution in [0.3, 0.4) is 0 Å². The SMILES string of the molecule is CC(=O)OC(C)(C)C(=O)NC[C@@](C)(O)c1cc2ccccc2o1. The Kier molecular flexibility index (Phi) is 4.47. The van der Waals surface area contributed by atoms with Crippen LogP contribution in [0.4, 0.5) is 0 Å². The second-order valence-electron chi connectivity index (χ2n) is 6.21. The number of rotatable bonds is 5. The van der Waals surface area contributed by atoms with Crippen LogP contribution in [0.5, 0.6) is 0 Å². The predicted octanol–water partition coefficient (Wildman–Crippen LogP) is 2.10. The van der Waals surface area contributed by atoms with Gasteiger partial charge in [-0.3, -0.25) is 9.59 Å². The average Bonchev–Trinajstić information content (AvgIpc) is 2.88. The highest BCUT2D eigenvalue weighted by Crippen LogP contribution is 2.27. The van der Waals surface area contributed by atoms with Crippen molar-refractivity contribution in [2.75, 3.05) is 6.54 Å². The van der Waals surface area contributed by atoms with E-state index in [1.807, 2.05) is 18.2 Å². The van der Waals surface area contributed by atoms with E-state index < -0.39 is 23.1 Å². The number of furan rings is 1. The molecule has 0 fully saturated rings. The fourth-order valence-corrected chi connectivity index (χ4v) is 2.21. The van der Waals surface area contributed by atoms with E-state index in [1.165, 1.54) is 20.8 Å². The molecule has 0 saturated carbocycles. The number of nitrogens with one attached hydrogen (secondary N) is 1. The number of amides is 1. The van der Waals surface area contributed by atoms with E-state index in [0.29, 0.717) is 11.3 Å². The van der Waals surface area contributed by atoms with Crippen LogP contribution in [-0.2, 0) is 19.9 Å². The fourth-order valence-electron chi connectivity index (χ4n) is 2.21. The van der Waals surface area contributed by atoms with Gasteiger partial charge >= 0.3 is 5.97 Å². The fraction of sp³-hybridized carbons (Fsp3) is 0.412. The van der Waals surface area contributed by atoms with Gasteiger partial charge in [0.25, 0.3) is 5.91 Å². The van der Waals surface area contributed by atoms with Crippen molar-refractivity contribution in [1.82, 2.24) is 5.32 Å². The van der Waals surface area contributed by atoms with Gasteiger partial charge in [0.2, 0.25) is 0 Å². The third kappa shape index (κ3) is 3.90. The largest absolute Gasteiger partial charge is 0.458 e. The molecule has 0 unspecified atom stereocenters. The minimum atomic E-state index is -1.39. The molecule has 23 heavy (non-hydrogen) atoms. The zero-order valence-electron chi connectivity index (χ0n) is 13.7. The lowest BCUT2D eigenvalue weighted by molar-refractivity contribution is -0.163. The minimum absolute atomic E-state index is 0.0731. The summed E-state index contributed by atoms with van der Waals surface area (Å²) in [7, 11) is 0. The van der Waals surface area contributed by atoms with Crippen LogP contribution >= 0.6 is 0 Å². The lowest BCUT2D eigenvalue weighted by atomic mass is 10.0. The van der Waals surface area contributed by atoms with E-state index in [0.717, 1.165) is 5.39 Å². The first-order valence-corrected chi connectivity index (χ1v) is 7.31. The topological polar surface area (TPSA) is 88.8 Å². The molecule has 0 spiro atoms. The van der Waals surface area contributed by atoms with Crippen molar-refractivity contribution < 1.29 is 23.8 Å². The standard InChI is InChI=1S/C17H21NO5/c1-11(19)23-16(2,3)15(20)18-10-17(4,21)14-9-12-7-5-6-8-13(12)22-14/h5-9,21H,10H2,1-4H3,(H,18,20)/t17-/m1/s1. The molecule has 1 aromatic heterocycles. The predicted molar refractivity (Wildman–Crippen MR) is 84.6 cm³/mol. The summed E-state index contributed by atoms with van der Waals surface area (Å²) in [6.07, 6.45) is 0. The lowest BCUT2D eigenvalue weighted by Gasteiger charge is -2.26. The van der Waals surface area contributed by atoms with Gasteiger partial charge in [-0.05, 0) is 32.9 Å². The van der Waals surface area contributed by atoms with Gasteiger partial charge in [0, 0.05) is 12.3 Å². The number of esters is 1. The molecular formula is C17H21NO5. The molecule has 0 aliphatic heterocycles. The molecule has 1 atom stereocenters. The molecule has 2 N–H and O–H groups in total. The Bertz CT molecular complexity index is 696. The molecule has 0 aliphatic carbocycles. The van der Waals surface area contributed by atoms with Crippen molar-refractivity contribution in [2.24, 2.45) is 0 Å². The summed E-state index contributed by atoms with van der Waals surface area (Å²) < 4.78 is 10.6. The van der Waals surface area contributed by atoms with Gasteiger partial charge in [-0.15, -0.1) is 0 Å². The van der Waals surface area contributed by atoms with E-state index in [1.54, 1.807) is 19.1 Å². The van der Waals surface area contributed by atoms with Crippen molar-refractivity contribution in [3.8, 4) is 0 Å². The van der Waals surface area contributed by atoms with Gasteiger partial charge in [-0.1, -0.05) is 18.2 Å². The zero-order valence-corrected chi connectivity index (χ0v) is 13.7. The molecule has 0 saturated heterocycles. The molecule has 0 radical (unpaired) electrons. The molecule has 0 bridgehead atoms. The molecular weight excluding hydrogens is 298 g/mol. The average molecular weight is 319 g/mol. The summed E-state index contributed by atoms with van der Waals surface area (Å²) >= 11 is 0. The van der Waals surface area contributed by atoms with Crippen LogP contribution in [0.2, 0.25) is 0 Å². The molecule has 124 valence electrons. The summed E-state index contributed by atoms with van der Waals surface area (Å²) in [5.41, 5.74) is -2.04. The molecule has 1 aromatic carbocycles. The maximum Gasteiger partial charge on any atom is 0.303 e. The maximum atomic E-state index is 12.1. The van der Waals surface area contributed by atoms with E-state index >= 15 is 0 Å². The molecule has 2 rings (SSSR count). The van der Waals surface area contributed by atoms with Gasteiger partial charge < -0.3 is 19.6 Å². The second-order valence-corrected chi connectivity index (χ2v) is 6.21. The summed E-state index contributed by atoms with van der Waals surface area (Å²) in [6, 6.07) is 9.13. The number of fused-ring (bicyclic) bond motifs is 1. The van der Waals surface area contributed by atoms with Crippen LogP contribution in [-0.4, -0.2) is 29.1 Å². The molecule has 0 aliphatic rings. The smallest absolute Gasteiger partial charge is 0.303 e. The molecule has 6 heteroatoms. The van der Waals surface area contributed by atoms with Crippen molar-refractivity contribution >= 4 is 22.8 Å². The number of benzene rings is 1. The highest BCUT2D eigenvalue weighted by atomic mass is 16.6. The summed E-state index contributed by atoms with van der Waals surface area (Å²) in [5.74, 6) is -0.692. The van der Waals surface area contributed by atoms with Crippen LogP contribution in [0.1, 0.15) is 33.5 Å². The van der Waals surface area contributed by atoms with Crippen LogP contribution in [0.25, 0.3) is 11.0 Å². The molecule has 6 nitrogen and oxygen atoms in total. The maximum absolute atomic E-state index is 12.1. The number of para-hydroxylation sites is 1. The van der Waals surface area contributed by atoms with Crippen molar-refractivity contribution in [1.29, 1.82) is 0 Å². The van der Waals surface area contributed by atoms with Crippen molar-refractivity contribution in [2.45, 2.75) is 38.9 Å². The Labute approximate surface area is 134 Å².